The highest BCUT2D eigenvalue weighted by Gasteiger charge is 1.98. The molecule has 0 spiro atoms. The molecule has 0 aliphatic rings. The monoisotopic (exact) mass is 252 g/mol. The Morgan fingerprint density at radius 2 is 1.88 bits per heavy atom. The van der Waals surface area contributed by atoms with Crippen LogP contribution in [-0.2, 0) is 5.75 Å². The van der Waals surface area contributed by atoms with Crippen LogP contribution in [0.2, 0.25) is 5.15 Å². The van der Waals surface area contributed by atoms with Gasteiger partial charge in [-0.05, 0) is 24.3 Å². The lowest BCUT2D eigenvalue weighted by Gasteiger charge is -2.01. The van der Waals surface area contributed by atoms with Crippen LogP contribution in [0.25, 0.3) is 0 Å². The van der Waals surface area contributed by atoms with E-state index in [0.29, 0.717) is 5.15 Å². The molecule has 1 N–H and O–H groups in total. The van der Waals surface area contributed by atoms with Crippen LogP contribution in [0.1, 0.15) is 5.69 Å². The van der Waals surface area contributed by atoms with Gasteiger partial charge in [-0.2, -0.15) is 0 Å². The van der Waals surface area contributed by atoms with E-state index in [0.717, 1.165) is 16.3 Å². The Morgan fingerprint density at radius 3 is 2.50 bits per heavy atom. The molecule has 0 atom stereocenters. The Labute approximate surface area is 103 Å². The van der Waals surface area contributed by atoms with Gasteiger partial charge in [0.2, 0.25) is 0 Å². The Balaban J connectivity index is 1.97. The van der Waals surface area contributed by atoms with Crippen LogP contribution in [0, 0.1) is 0 Å². The fraction of sp³-hybridized carbons (Fsp3) is 0.0909. The number of phenols is 1. The van der Waals surface area contributed by atoms with E-state index in [1.54, 1.807) is 30.1 Å². The standard InChI is InChI=1S/C11H9ClN2OS/c12-11-6-13-8(5-14-11)7-16-10-3-1-9(15)2-4-10/h1-6,15H,7H2. The van der Waals surface area contributed by atoms with Gasteiger partial charge < -0.3 is 5.11 Å². The summed E-state index contributed by atoms with van der Waals surface area (Å²) < 4.78 is 0. The largest absolute Gasteiger partial charge is 0.508 e. The number of phenolic OH excluding ortho intramolecular Hbond substituents is 1. The van der Waals surface area contributed by atoms with E-state index in [-0.39, 0.29) is 5.75 Å². The minimum Gasteiger partial charge on any atom is -0.508 e. The molecule has 3 nitrogen and oxygen atoms in total. The quantitative estimate of drug-likeness (QED) is 0.853. The summed E-state index contributed by atoms with van der Waals surface area (Å²) in [5.74, 6) is 1.00. The van der Waals surface area contributed by atoms with Crippen molar-refractivity contribution in [1.82, 2.24) is 9.97 Å². The van der Waals surface area contributed by atoms with Gasteiger partial charge in [0.25, 0.3) is 0 Å². The molecule has 0 saturated heterocycles. The average Bonchev–Trinajstić information content (AvgIpc) is 2.30. The first-order chi connectivity index (χ1) is 7.74. The lowest BCUT2D eigenvalue weighted by atomic mass is 10.3. The molecule has 1 heterocycles. The van der Waals surface area contributed by atoms with Crippen molar-refractivity contribution >= 4 is 23.4 Å². The Kier molecular flexibility index (Phi) is 3.64. The summed E-state index contributed by atoms with van der Waals surface area (Å²) in [5.41, 5.74) is 0.877. The molecule has 0 aliphatic heterocycles. The average molecular weight is 253 g/mol. The van der Waals surface area contributed by atoms with Gasteiger partial charge in [0.15, 0.2) is 0 Å². The maximum absolute atomic E-state index is 9.13. The van der Waals surface area contributed by atoms with Gasteiger partial charge in [0.1, 0.15) is 10.9 Å². The summed E-state index contributed by atoms with van der Waals surface area (Å²) in [6.45, 7) is 0. The van der Waals surface area contributed by atoms with Crippen LogP contribution >= 0.6 is 23.4 Å². The summed E-state index contributed by atoms with van der Waals surface area (Å²) in [5, 5.41) is 9.53. The van der Waals surface area contributed by atoms with Gasteiger partial charge in [-0.1, -0.05) is 11.6 Å². The second kappa shape index (κ2) is 5.18. The first-order valence-electron chi connectivity index (χ1n) is 4.62. The van der Waals surface area contributed by atoms with E-state index in [1.807, 2.05) is 12.1 Å². The molecular weight excluding hydrogens is 244 g/mol. The van der Waals surface area contributed by atoms with Crippen LogP contribution in [0.4, 0.5) is 0 Å². The maximum Gasteiger partial charge on any atom is 0.147 e. The number of halogens is 1. The second-order valence-corrected chi connectivity index (χ2v) is 4.55. The third-order valence-corrected chi connectivity index (χ3v) is 3.14. The highest BCUT2D eigenvalue weighted by molar-refractivity contribution is 7.98. The predicted octanol–water partition coefficient (Wildman–Crippen LogP) is 3.13. The fourth-order valence-corrected chi connectivity index (χ4v) is 2.00. The van der Waals surface area contributed by atoms with Crippen molar-refractivity contribution < 1.29 is 5.11 Å². The van der Waals surface area contributed by atoms with Gasteiger partial charge in [-0.15, -0.1) is 11.8 Å². The molecule has 0 fully saturated rings. The van der Waals surface area contributed by atoms with Crippen molar-refractivity contribution in [3.05, 3.63) is 47.5 Å². The van der Waals surface area contributed by atoms with E-state index in [1.165, 1.54) is 6.20 Å². The number of aromatic hydroxyl groups is 1. The zero-order chi connectivity index (χ0) is 11.4. The molecule has 1 aromatic heterocycles. The number of rotatable bonds is 3. The highest BCUT2D eigenvalue weighted by Crippen LogP contribution is 2.23. The molecule has 2 rings (SSSR count). The molecule has 1 aromatic carbocycles. The molecule has 0 unspecified atom stereocenters. The highest BCUT2D eigenvalue weighted by atomic mass is 35.5. The van der Waals surface area contributed by atoms with E-state index in [2.05, 4.69) is 9.97 Å². The summed E-state index contributed by atoms with van der Waals surface area (Å²) in [4.78, 5) is 9.18. The third-order valence-electron chi connectivity index (χ3n) is 1.90. The van der Waals surface area contributed by atoms with E-state index in [4.69, 9.17) is 16.7 Å². The van der Waals surface area contributed by atoms with Gasteiger partial charge in [-0.25, -0.2) is 4.98 Å². The molecule has 82 valence electrons. The number of nitrogens with zero attached hydrogens (tertiary/aromatic N) is 2. The Bertz CT molecular complexity index is 413. The van der Waals surface area contributed by atoms with Crippen molar-refractivity contribution in [3.8, 4) is 5.75 Å². The third kappa shape index (κ3) is 3.12. The molecule has 16 heavy (non-hydrogen) atoms. The zero-order valence-corrected chi connectivity index (χ0v) is 9.87. The molecule has 0 bridgehead atoms. The maximum atomic E-state index is 9.13. The summed E-state index contributed by atoms with van der Waals surface area (Å²) in [7, 11) is 0. The lowest BCUT2D eigenvalue weighted by Crippen LogP contribution is -1.88. The zero-order valence-electron chi connectivity index (χ0n) is 8.30. The molecule has 0 saturated carbocycles. The number of hydrogen-bond donors (Lipinski definition) is 1. The molecule has 0 amide bonds. The van der Waals surface area contributed by atoms with Gasteiger partial charge >= 0.3 is 0 Å². The number of benzene rings is 1. The summed E-state index contributed by atoms with van der Waals surface area (Å²) in [6.07, 6.45) is 3.20. The second-order valence-electron chi connectivity index (χ2n) is 3.11. The number of aromatic nitrogens is 2. The molecule has 0 radical (unpaired) electrons. The van der Waals surface area contributed by atoms with Gasteiger partial charge in [0.05, 0.1) is 18.1 Å². The summed E-state index contributed by atoms with van der Waals surface area (Å²) in [6, 6.07) is 7.05. The van der Waals surface area contributed by atoms with Crippen molar-refractivity contribution in [2.75, 3.05) is 0 Å². The van der Waals surface area contributed by atoms with E-state index in [9.17, 15) is 0 Å². The number of hydrogen-bond acceptors (Lipinski definition) is 4. The molecule has 0 aliphatic carbocycles. The fourth-order valence-electron chi connectivity index (χ4n) is 1.11. The normalized spacial score (nSPS) is 10.3. The van der Waals surface area contributed by atoms with Crippen molar-refractivity contribution in [2.24, 2.45) is 0 Å². The predicted molar refractivity (Wildman–Crippen MR) is 64.7 cm³/mol. The van der Waals surface area contributed by atoms with Crippen molar-refractivity contribution in [2.45, 2.75) is 10.6 Å². The smallest absolute Gasteiger partial charge is 0.147 e. The lowest BCUT2D eigenvalue weighted by molar-refractivity contribution is 0.475. The molecular formula is C11H9ClN2OS. The molecule has 5 heteroatoms. The van der Waals surface area contributed by atoms with Crippen LogP contribution in [0.3, 0.4) is 0 Å². The SMILES string of the molecule is Oc1ccc(SCc2cnc(Cl)cn2)cc1. The van der Waals surface area contributed by atoms with Crippen molar-refractivity contribution in [3.63, 3.8) is 0 Å². The summed E-state index contributed by atoms with van der Waals surface area (Å²) >= 11 is 7.27. The Hall–Kier alpha value is -1.26. The van der Waals surface area contributed by atoms with Crippen LogP contribution in [0.5, 0.6) is 5.75 Å². The van der Waals surface area contributed by atoms with Crippen LogP contribution in [0.15, 0.2) is 41.6 Å². The van der Waals surface area contributed by atoms with Crippen LogP contribution in [-0.4, -0.2) is 15.1 Å². The minimum absolute atomic E-state index is 0.274. The minimum atomic E-state index is 0.274. The van der Waals surface area contributed by atoms with E-state index < -0.39 is 0 Å². The van der Waals surface area contributed by atoms with Gasteiger partial charge in [-0.3, -0.25) is 4.98 Å². The molecule has 2 aromatic rings. The number of thioether (sulfide) groups is 1. The Morgan fingerprint density at radius 1 is 1.12 bits per heavy atom. The van der Waals surface area contributed by atoms with Gasteiger partial charge in [0, 0.05) is 10.6 Å². The van der Waals surface area contributed by atoms with Crippen molar-refractivity contribution in [1.29, 1.82) is 0 Å². The van der Waals surface area contributed by atoms with E-state index >= 15 is 0 Å². The first kappa shape index (κ1) is 11.2. The first-order valence-corrected chi connectivity index (χ1v) is 5.98. The topological polar surface area (TPSA) is 46.0 Å². The van der Waals surface area contributed by atoms with Crippen LogP contribution < -0.4 is 0 Å².